The van der Waals surface area contributed by atoms with E-state index < -0.39 is 5.97 Å². The number of pyridine rings is 1. The molecule has 0 aliphatic rings. The molecule has 6 nitrogen and oxygen atoms in total. The number of alkyl halides is 1. The molecule has 4 rings (SSSR count). The lowest BCUT2D eigenvalue weighted by molar-refractivity contribution is 0.0602. The van der Waals surface area contributed by atoms with Crippen LogP contribution in [0.15, 0.2) is 48.5 Å². The van der Waals surface area contributed by atoms with Gasteiger partial charge < -0.3 is 10.1 Å². The molecule has 0 fully saturated rings. The van der Waals surface area contributed by atoms with Gasteiger partial charge in [0.25, 0.3) is 0 Å². The summed E-state index contributed by atoms with van der Waals surface area (Å²) in [5.74, 6) is 0.679. The first-order valence-corrected chi connectivity index (χ1v) is 9.97. The van der Waals surface area contributed by atoms with Crippen molar-refractivity contribution in [3.05, 3.63) is 70.8 Å². The average Bonchev–Trinajstić information content (AvgIpc) is 3.15. The molecule has 0 spiro atoms. The molecule has 0 amide bonds. The Morgan fingerprint density at radius 3 is 2.70 bits per heavy atom. The summed E-state index contributed by atoms with van der Waals surface area (Å²) in [6.07, 6.45) is 0.549. The van der Waals surface area contributed by atoms with Gasteiger partial charge in [0.1, 0.15) is 11.9 Å². The highest BCUT2D eigenvalue weighted by molar-refractivity contribution is 6.18. The van der Waals surface area contributed by atoms with Gasteiger partial charge in [0.2, 0.25) is 0 Å². The van der Waals surface area contributed by atoms with E-state index in [1.165, 1.54) is 7.11 Å². The molecule has 2 heterocycles. The number of nitrogens with zero attached hydrogens (tertiary/aromatic N) is 3. The Morgan fingerprint density at radius 1 is 1.23 bits per heavy atom. The maximum Gasteiger partial charge on any atom is 0.339 e. The van der Waals surface area contributed by atoms with Crippen LogP contribution in [-0.2, 0) is 11.2 Å². The third-order valence-corrected chi connectivity index (χ3v) is 5.35. The van der Waals surface area contributed by atoms with Crippen molar-refractivity contribution in [3.8, 4) is 6.07 Å². The summed E-state index contributed by atoms with van der Waals surface area (Å²) in [5.41, 5.74) is 5.44. The maximum absolute atomic E-state index is 12.3. The molecule has 2 aromatic heterocycles. The van der Waals surface area contributed by atoms with Crippen LogP contribution >= 0.6 is 11.6 Å². The number of anilines is 2. The van der Waals surface area contributed by atoms with Crippen molar-refractivity contribution in [1.82, 2.24) is 9.38 Å². The zero-order valence-corrected chi connectivity index (χ0v) is 17.3. The van der Waals surface area contributed by atoms with E-state index in [0.717, 1.165) is 28.0 Å². The number of carbonyl (C=O) groups excluding carboxylic acids is 1. The number of ether oxygens (including phenoxy) is 1. The fraction of sp³-hybridized carbons (Fsp3) is 0.174. The van der Waals surface area contributed by atoms with E-state index in [2.05, 4.69) is 11.4 Å². The summed E-state index contributed by atoms with van der Waals surface area (Å²) in [4.78, 5) is 17.0. The van der Waals surface area contributed by atoms with Crippen LogP contribution < -0.4 is 5.32 Å². The number of nitriles is 1. The van der Waals surface area contributed by atoms with Crippen LogP contribution in [-0.4, -0.2) is 28.3 Å². The Bertz CT molecular complexity index is 1320. The Kier molecular flexibility index (Phi) is 5.30. The predicted octanol–water partition coefficient (Wildman–Crippen LogP) is 4.98. The normalized spacial score (nSPS) is 10.9. The van der Waals surface area contributed by atoms with Gasteiger partial charge in [0.15, 0.2) is 5.65 Å². The summed E-state index contributed by atoms with van der Waals surface area (Å²) >= 11 is 6.12. The van der Waals surface area contributed by atoms with Crippen molar-refractivity contribution >= 4 is 45.8 Å². The summed E-state index contributed by atoms with van der Waals surface area (Å²) < 4.78 is 6.86. The van der Waals surface area contributed by atoms with Crippen LogP contribution in [0.25, 0.3) is 16.7 Å². The minimum Gasteiger partial charge on any atom is -0.465 e. The summed E-state index contributed by atoms with van der Waals surface area (Å²) in [5, 5.41) is 13.3. The van der Waals surface area contributed by atoms with Gasteiger partial charge in [0.05, 0.1) is 35.0 Å². The number of carbonyl (C=O) groups is 1. The van der Waals surface area contributed by atoms with Gasteiger partial charge in [-0.3, -0.25) is 4.40 Å². The highest BCUT2D eigenvalue weighted by Crippen LogP contribution is 2.34. The van der Waals surface area contributed by atoms with Crippen LogP contribution in [0.3, 0.4) is 0 Å². The Morgan fingerprint density at radius 2 is 1.97 bits per heavy atom. The summed E-state index contributed by atoms with van der Waals surface area (Å²) in [6, 6.07) is 17.1. The number of methoxy groups -OCH3 is 1. The number of para-hydroxylation sites is 3. The summed E-state index contributed by atoms with van der Waals surface area (Å²) in [7, 11) is 1.35. The van der Waals surface area contributed by atoms with Crippen molar-refractivity contribution in [3.63, 3.8) is 0 Å². The molecule has 0 aliphatic heterocycles. The standard InChI is InChI=1S/C23H19ClN4O2/c1-14-15(11-12-24)21(26-18-8-4-3-7-16(18)23(29)30-2)28-20-10-6-5-9-19(20)27-22(28)17(14)13-25/h3-10,26H,11-12H2,1-2H3. The van der Waals surface area contributed by atoms with E-state index in [1.54, 1.807) is 12.1 Å². The second-order valence-corrected chi connectivity index (χ2v) is 7.18. The quantitative estimate of drug-likeness (QED) is 0.365. The number of rotatable bonds is 5. The van der Waals surface area contributed by atoms with E-state index >= 15 is 0 Å². The lowest BCUT2D eigenvalue weighted by atomic mass is 10.0. The van der Waals surface area contributed by atoms with Gasteiger partial charge in [-0.15, -0.1) is 11.6 Å². The molecule has 7 heteroatoms. The second-order valence-electron chi connectivity index (χ2n) is 6.80. The minimum atomic E-state index is -0.436. The molecule has 30 heavy (non-hydrogen) atoms. The number of fused-ring (bicyclic) bond motifs is 3. The lowest BCUT2D eigenvalue weighted by Crippen LogP contribution is -2.11. The van der Waals surface area contributed by atoms with E-state index in [-0.39, 0.29) is 0 Å². The highest BCUT2D eigenvalue weighted by atomic mass is 35.5. The molecule has 0 saturated heterocycles. The molecule has 4 aromatic rings. The van der Waals surface area contributed by atoms with Crippen molar-refractivity contribution in [1.29, 1.82) is 5.26 Å². The molecule has 0 radical (unpaired) electrons. The molecule has 1 N–H and O–H groups in total. The number of esters is 1. The molecule has 0 atom stereocenters. The number of hydrogen-bond acceptors (Lipinski definition) is 5. The Labute approximate surface area is 178 Å². The third kappa shape index (κ3) is 3.14. The first kappa shape index (κ1) is 19.7. The molecule has 2 aromatic carbocycles. The SMILES string of the molecule is COC(=O)c1ccccc1Nc1c(CCCl)c(C)c(C#N)c2nc3ccccc3n12. The predicted molar refractivity (Wildman–Crippen MR) is 118 cm³/mol. The number of imidazole rings is 1. The first-order chi connectivity index (χ1) is 14.6. The van der Waals surface area contributed by atoms with Crippen LogP contribution in [0.2, 0.25) is 0 Å². The van der Waals surface area contributed by atoms with Crippen molar-refractivity contribution in [2.75, 3.05) is 18.3 Å². The third-order valence-electron chi connectivity index (χ3n) is 5.16. The molecule has 0 saturated carbocycles. The van der Waals surface area contributed by atoms with Crippen LogP contribution in [0.4, 0.5) is 11.5 Å². The minimum absolute atomic E-state index is 0.386. The maximum atomic E-state index is 12.3. The molecule has 0 aliphatic carbocycles. The van der Waals surface area contributed by atoms with Gasteiger partial charge >= 0.3 is 5.97 Å². The monoisotopic (exact) mass is 418 g/mol. The van der Waals surface area contributed by atoms with Crippen molar-refractivity contribution in [2.24, 2.45) is 0 Å². The largest absolute Gasteiger partial charge is 0.465 e. The van der Waals surface area contributed by atoms with E-state index in [4.69, 9.17) is 21.3 Å². The van der Waals surface area contributed by atoms with Gasteiger partial charge in [-0.2, -0.15) is 5.26 Å². The molecular formula is C23H19ClN4O2. The van der Waals surface area contributed by atoms with E-state index in [9.17, 15) is 10.1 Å². The smallest absolute Gasteiger partial charge is 0.339 e. The highest BCUT2D eigenvalue weighted by Gasteiger charge is 2.22. The summed E-state index contributed by atoms with van der Waals surface area (Å²) in [6.45, 7) is 1.90. The molecule has 150 valence electrons. The fourth-order valence-electron chi connectivity index (χ4n) is 3.72. The number of nitrogens with one attached hydrogen (secondary N) is 1. The zero-order valence-electron chi connectivity index (χ0n) is 16.6. The van der Waals surface area contributed by atoms with Gasteiger partial charge in [-0.05, 0) is 48.7 Å². The molecule has 0 unspecified atom stereocenters. The number of benzene rings is 2. The van der Waals surface area contributed by atoms with Crippen LogP contribution in [0, 0.1) is 18.3 Å². The van der Waals surface area contributed by atoms with Crippen LogP contribution in [0.5, 0.6) is 0 Å². The van der Waals surface area contributed by atoms with Crippen LogP contribution in [0.1, 0.15) is 27.0 Å². The molecular weight excluding hydrogens is 400 g/mol. The van der Waals surface area contributed by atoms with E-state index in [0.29, 0.717) is 34.8 Å². The van der Waals surface area contributed by atoms with Crippen molar-refractivity contribution in [2.45, 2.75) is 13.3 Å². The van der Waals surface area contributed by atoms with Gasteiger partial charge in [0, 0.05) is 5.88 Å². The fourth-order valence-corrected chi connectivity index (χ4v) is 3.91. The average molecular weight is 419 g/mol. The zero-order chi connectivity index (χ0) is 21.3. The Balaban J connectivity index is 2.08. The van der Waals surface area contributed by atoms with Crippen molar-refractivity contribution < 1.29 is 9.53 Å². The second kappa shape index (κ2) is 8.05. The van der Waals surface area contributed by atoms with Gasteiger partial charge in [-0.1, -0.05) is 24.3 Å². The van der Waals surface area contributed by atoms with E-state index in [1.807, 2.05) is 47.7 Å². The Hall–Kier alpha value is -3.56. The number of hydrogen-bond donors (Lipinski definition) is 1. The first-order valence-electron chi connectivity index (χ1n) is 9.43. The molecule has 0 bridgehead atoms. The number of aromatic nitrogens is 2. The lowest BCUT2D eigenvalue weighted by Gasteiger charge is -2.19. The van der Waals surface area contributed by atoms with Gasteiger partial charge in [-0.25, -0.2) is 9.78 Å². The number of halogens is 1. The topological polar surface area (TPSA) is 79.4 Å².